The second kappa shape index (κ2) is 5.93. The Bertz CT molecular complexity index is 631. The predicted octanol–water partition coefficient (Wildman–Crippen LogP) is 0.515. The van der Waals surface area contributed by atoms with E-state index in [4.69, 9.17) is 5.73 Å². The van der Waals surface area contributed by atoms with Crippen molar-refractivity contribution in [3.8, 4) is 0 Å². The van der Waals surface area contributed by atoms with Gasteiger partial charge < -0.3 is 5.73 Å². The summed E-state index contributed by atoms with van der Waals surface area (Å²) >= 11 is 0. The van der Waals surface area contributed by atoms with Crippen LogP contribution in [0.1, 0.15) is 16.7 Å². The molecule has 0 aromatic heterocycles. The fourth-order valence-electron chi connectivity index (χ4n) is 2.29. The molecule has 0 amide bonds. The molecule has 0 aliphatic carbocycles. The Labute approximate surface area is 122 Å². The van der Waals surface area contributed by atoms with E-state index in [0.29, 0.717) is 36.0 Å². The third-order valence-corrected chi connectivity index (χ3v) is 6.97. The first kappa shape index (κ1) is 15.6. The smallest absolute Gasteiger partial charge is 0.243 e. The highest BCUT2D eigenvalue weighted by atomic mass is 32.2. The maximum Gasteiger partial charge on any atom is 0.243 e. The van der Waals surface area contributed by atoms with Gasteiger partial charge in [-0.25, -0.2) is 8.42 Å². The summed E-state index contributed by atoms with van der Waals surface area (Å²) in [6, 6.07) is 3.57. The number of benzene rings is 1. The Morgan fingerprint density at radius 2 is 1.85 bits per heavy atom. The minimum absolute atomic E-state index is 0.313. The van der Waals surface area contributed by atoms with Gasteiger partial charge in [0, 0.05) is 41.9 Å². The Morgan fingerprint density at radius 1 is 1.25 bits per heavy atom. The molecule has 0 saturated carbocycles. The van der Waals surface area contributed by atoms with Gasteiger partial charge in [0.15, 0.2) is 0 Å². The van der Waals surface area contributed by atoms with Gasteiger partial charge in [0.25, 0.3) is 0 Å². The zero-order chi connectivity index (χ0) is 14.9. The molecule has 1 aliphatic rings. The second-order valence-electron chi connectivity index (χ2n) is 4.99. The molecule has 5 nitrogen and oxygen atoms in total. The molecule has 1 aliphatic heterocycles. The van der Waals surface area contributed by atoms with E-state index in [1.165, 1.54) is 4.31 Å². The maximum atomic E-state index is 12.7. The summed E-state index contributed by atoms with van der Waals surface area (Å²) in [5.41, 5.74) is 8.12. The zero-order valence-corrected chi connectivity index (χ0v) is 13.4. The van der Waals surface area contributed by atoms with Crippen molar-refractivity contribution in [3.63, 3.8) is 0 Å². The van der Waals surface area contributed by atoms with Gasteiger partial charge >= 0.3 is 0 Å². The lowest BCUT2D eigenvalue weighted by molar-refractivity contribution is 0.438. The van der Waals surface area contributed by atoms with Gasteiger partial charge in [-0.3, -0.25) is 4.21 Å². The van der Waals surface area contributed by atoms with Crippen LogP contribution >= 0.6 is 0 Å². The Morgan fingerprint density at radius 3 is 2.40 bits per heavy atom. The molecule has 7 heteroatoms. The van der Waals surface area contributed by atoms with Crippen molar-refractivity contribution in [2.45, 2.75) is 25.3 Å². The summed E-state index contributed by atoms with van der Waals surface area (Å²) < 4.78 is 38.2. The molecule has 112 valence electrons. The van der Waals surface area contributed by atoms with Crippen molar-refractivity contribution >= 4 is 20.8 Å². The molecule has 1 heterocycles. The van der Waals surface area contributed by atoms with Gasteiger partial charge in [-0.2, -0.15) is 4.31 Å². The lowest BCUT2D eigenvalue weighted by atomic mass is 10.1. The van der Waals surface area contributed by atoms with Crippen molar-refractivity contribution in [1.82, 2.24) is 4.31 Å². The largest absolute Gasteiger partial charge is 0.326 e. The number of sulfonamides is 1. The molecule has 2 rings (SSSR count). The Balaban J connectivity index is 2.44. The summed E-state index contributed by atoms with van der Waals surface area (Å²) in [4.78, 5) is 0.325. The number of nitrogens with zero attached hydrogens (tertiary/aromatic N) is 1. The predicted molar refractivity (Wildman–Crippen MR) is 80.4 cm³/mol. The molecule has 1 aromatic carbocycles. The first-order chi connectivity index (χ1) is 9.36. The monoisotopic (exact) mass is 316 g/mol. The van der Waals surface area contributed by atoms with Crippen LogP contribution < -0.4 is 5.73 Å². The molecule has 2 N–H and O–H groups in total. The average molecular weight is 316 g/mol. The molecule has 0 bridgehead atoms. The molecule has 1 aromatic rings. The lowest BCUT2D eigenvalue weighted by Gasteiger charge is -2.26. The van der Waals surface area contributed by atoms with Crippen molar-refractivity contribution in [3.05, 3.63) is 28.8 Å². The van der Waals surface area contributed by atoms with Crippen molar-refractivity contribution in [2.24, 2.45) is 5.73 Å². The molecule has 0 unspecified atom stereocenters. The van der Waals surface area contributed by atoms with Gasteiger partial charge in [-0.05, 0) is 36.6 Å². The first-order valence-electron chi connectivity index (χ1n) is 6.51. The van der Waals surface area contributed by atoms with Crippen LogP contribution in [-0.4, -0.2) is 41.5 Å². The van der Waals surface area contributed by atoms with Gasteiger partial charge in [0.05, 0.1) is 4.90 Å². The third kappa shape index (κ3) is 2.95. The molecule has 0 atom stereocenters. The van der Waals surface area contributed by atoms with E-state index in [9.17, 15) is 12.6 Å². The van der Waals surface area contributed by atoms with Crippen LogP contribution in [0.3, 0.4) is 0 Å². The minimum atomic E-state index is -3.53. The Hall–Kier alpha value is -0.760. The topological polar surface area (TPSA) is 80.5 Å². The number of aryl methyl sites for hydroxylation is 1. The van der Waals surface area contributed by atoms with Crippen LogP contribution in [0.4, 0.5) is 0 Å². The minimum Gasteiger partial charge on any atom is -0.326 e. The van der Waals surface area contributed by atoms with Gasteiger partial charge in [-0.15, -0.1) is 0 Å². The van der Waals surface area contributed by atoms with E-state index < -0.39 is 20.8 Å². The SMILES string of the molecule is Cc1cc(CN)cc(S(=O)(=O)N2CCS(=O)CC2)c1C. The highest BCUT2D eigenvalue weighted by Crippen LogP contribution is 2.25. The molecular weight excluding hydrogens is 296 g/mol. The average Bonchev–Trinajstić information content (AvgIpc) is 2.42. The van der Waals surface area contributed by atoms with Crippen LogP contribution in [0, 0.1) is 13.8 Å². The van der Waals surface area contributed by atoms with Crippen molar-refractivity contribution in [1.29, 1.82) is 0 Å². The standard InChI is InChI=1S/C13H20N2O3S2/c1-10-7-12(9-14)8-13(11(10)2)20(17,18)15-3-5-19(16)6-4-15/h7-8H,3-6,9,14H2,1-2H3. The van der Waals surface area contributed by atoms with E-state index in [1.54, 1.807) is 6.07 Å². The van der Waals surface area contributed by atoms with E-state index in [1.807, 2.05) is 19.9 Å². The van der Waals surface area contributed by atoms with Crippen LogP contribution in [0.25, 0.3) is 0 Å². The van der Waals surface area contributed by atoms with Crippen LogP contribution in [0.15, 0.2) is 17.0 Å². The Kier molecular flexibility index (Phi) is 4.63. The van der Waals surface area contributed by atoms with Crippen LogP contribution in [0.2, 0.25) is 0 Å². The first-order valence-corrected chi connectivity index (χ1v) is 9.44. The van der Waals surface area contributed by atoms with E-state index in [2.05, 4.69) is 0 Å². The number of hydrogen-bond donors (Lipinski definition) is 1. The molecule has 20 heavy (non-hydrogen) atoms. The highest BCUT2D eigenvalue weighted by Gasteiger charge is 2.29. The summed E-state index contributed by atoms with van der Waals surface area (Å²) in [5, 5.41) is 0. The summed E-state index contributed by atoms with van der Waals surface area (Å²) in [6.45, 7) is 4.65. The van der Waals surface area contributed by atoms with Crippen LogP contribution in [-0.2, 0) is 27.4 Å². The molecule has 0 spiro atoms. The number of nitrogens with two attached hydrogens (primary N) is 1. The fourth-order valence-corrected chi connectivity index (χ4v) is 5.36. The third-order valence-electron chi connectivity index (χ3n) is 3.67. The quantitative estimate of drug-likeness (QED) is 0.881. The highest BCUT2D eigenvalue weighted by molar-refractivity contribution is 7.89. The van der Waals surface area contributed by atoms with E-state index in [0.717, 1.165) is 16.7 Å². The number of hydrogen-bond acceptors (Lipinski definition) is 4. The summed E-state index contributed by atoms with van der Waals surface area (Å²) in [6.07, 6.45) is 0. The number of rotatable bonds is 3. The van der Waals surface area contributed by atoms with Gasteiger partial charge in [-0.1, -0.05) is 6.07 Å². The van der Waals surface area contributed by atoms with Crippen LogP contribution in [0.5, 0.6) is 0 Å². The van der Waals surface area contributed by atoms with Crippen molar-refractivity contribution < 1.29 is 12.6 Å². The molecule has 0 radical (unpaired) electrons. The molecular formula is C13H20N2O3S2. The van der Waals surface area contributed by atoms with Crippen molar-refractivity contribution in [2.75, 3.05) is 24.6 Å². The molecule has 1 fully saturated rings. The van der Waals surface area contributed by atoms with E-state index in [-0.39, 0.29) is 0 Å². The molecule has 1 saturated heterocycles. The maximum absolute atomic E-state index is 12.7. The normalized spacial score (nSPS) is 18.4. The second-order valence-corrected chi connectivity index (χ2v) is 8.59. The fraction of sp³-hybridized carbons (Fsp3) is 0.538. The van der Waals surface area contributed by atoms with Gasteiger partial charge in [0.2, 0.25) is 10.0 Å². The van der Waals surface area contributed by atoms with E-state index >= 15 is 0 Å². The van der Waals surface area contributed by atoms with Gasteiger partial charge in [0.1, 0.15) is 0 Å². The summed E-state index contributed by atoms with van der Waals surface area (Å²) in [7, 11) is -4.42. The lowest BCUT2D eigenvalue weighted by Crippen LogP contribution is -2.42. The summed E-state index contributed by atoms with van der Waals surface area (Å²) in [5.74, 6) is 0.821. The zero-order valence-electron chi connectivity index (χ0n) is 11.8.